The smallest absolute Gasteiger partial charge is 0.335 e. The van der Waals surface area contributed by atoms with Crippen LogP contribution in [-0.2, 0) is 0 Å². The summed E-state index contributed by atoms with van der Waals surface area (Å²) < 4.78 is 5.15. The van der Waals surface area contributed by atoms with E-state index in [4.69, 9.17) is 9.84 Å². The first-order chi connectivity index (χ1) is 7.61. The molecule has 0 aliphatic rings. The Kier molecular flexibility index (Phi) is 2.48. The van der Waals surface area contributed by atoms with Crippen molar-refractivity contribution in [2.24, 2.45) is 0 Å². The molecule has 2 rings (SSSR count). The maximum atomic E-state index is 10.9. The van der Waals surface area contributed by atoms with E-state index in [1.807, 2.05) is 19.1 Å². The summed E-state index contributed by atoms with van der Waals surface area (Å²) in [5, 5.41) is 9.71. The second-order valence-corrected chi connectivity index (χ2v) is 3.51. The topological polar surface area (TPSA) is 59.4 Å². The van der Waals surface area contributed by atoms with Crippen molar-refractivity contribution in [2.45, 2.75) is 6.92 Å². The first-order valence-electron chi connectivity index (χ1n) is 4.80. The minimum atomic E-state index is -0.972. The molecule has 82 valence electrons. The van der Waals surface area contributed by atoms with Crippen LogP contribution in [0.4, 0.5) is 0 Å². The quantitative estimate of drug-likeness (QED) is 0.838. The van der Waals surface area contributed by atoms with Gasteiger partial charge in [-0.15, -0.1) is 0 Å². The molecular formula is C12H11NO3. The Morgan fingerprint density at radius 1 is 1.38 bits per heavy atom. The fourth-order valence-electron chi connectivity index (χ4n) is 1.58. The van der Waals surface area contributed by atoms with Gasteiger partial charge in [0.25, 0.3) is 0 Å². The maximum absolute atomic E-state index is 10.9. The highest BCUT2D eigenvalue weighted by molar-refractivity contribution is 5.96. The van der Waals surface area contributed by atoms with Gasteiger partial charge in [0.15, 0.2) is 0 Å². The average molecular weight is 217 g/mol. The Bertz CT molecular complexity index is 563. The van der Waals surface area contributed by atoms with E-state index in [0.717, 1.165) is 11.1 Å². The Morgan fingerprint density at radius 2 is 2.12 bits per heavy atom. The van der Waals surface area contributed by atoms with Gasteiger partial charge in [0, 0.05) is 11.1 Å². The van der Waals surface area contributed by atoms with Crippen LogP contribution in [0.25, 0.3) is 10.9 Å². The van der Waals surface area contributed by atoms with Crippen molar-refractivity contribution in [1.29, 1.82) is 0 Å². The van der Waals surface area contributed by atoms with Gasteiger partial charge in [-0.05, 0) is 25.1 Å². The largest absolute Gasteiger partial charge is 0.494 e. The van der Waals surface area contributed by atoms with E-state index >= 15 is 0 Å². The number of pyridine rings is 1. The fourth-order valence-corrected chi connectivity index (χ4v) is 1.58. The van der Waals surface area contributed by atoms with E-state index in [9.17, 15) is 4.79 Å². The monoisotopic (exact) mass is 217 g/mol. The summed E-state index contributed by atoms with van der Waals surface area (Å²) in [6.45, 7) is 1.88. The first-order valence-corrected chi connectivity index (χ1v) is 4.80. The minimum absolute atomic E-state index is 0.204. The molecule has 2 aromatic rings. The lowest BCUT2D eigenvalue weighted by Gasteiger charge is -2.07. The molecule has 4 nitrogen and oxygen atoms in total. The standard InChI is InChI=1S/C12H11NO3/c1-7-3-4-8-5-9(12(14)15)6-10(16-2)11(8)13-7/h3-6H,1-2H3,(H,14,15). The van der Waals surface area contributed by atoms with Gasteiger partial charge in [-0.25, -0.2) is 9.78 Å². The van der Waals surface area contributed by atoms with E-state index in [0.29, 0.717) is 11.3 Å². The molecule has 0 saturated carbocycles. The molecule has 16 heavy (non-hydrogen) atoms. The number of aryl methyl sites for hydroxylation is 1. The molecule has 1 aromatic heterocycles. The molecule has 1 N–H and O–H groups in total. The number of ether oxygens (including phenoxy) is 1. The van der Waals surface area contributed by atoms with Gasteiger partial charge in [0.05, 0.1) is 12.7 Å². The zero-order valence-electron chi connectivity index (χ0n) is 9.02. The first kappa shape index (κ1) is 10.4. The lowest BCUT2D eigenvalue weighted by molar-refractivity contribution is 0.0696. The summed E-state index contributed by atoms with van der Waals surface area (Å²) in [6, 6.07) is 6.75. The third-order valence-corrected chi connectivity index (χ3v) is 2.36. The molecule has 0 aliphatic carbocycles. The molecular weight excluding hydrogens is 206 g/mol. The van der Waals surface area contributed by atoms with Crippen molar-refractivity contribution in [3.8, 4) is 5.75 Å². The van der Waals surface area contributed by atoms with Gasteiger partial charge in [0.2, 0.25) is 0 Å². The average Bonchev–Trinajstić information content (AvgIpc) is 2.27. The molecule has 0 fully saturated rings. The molecule has 0 spiro atoms. The number of hydrogen-bond acceptors (Lipinski definition) is 3. The van der Waals surface area contributed by atoms with Crippen molar-refractivity contribution in [1.82, 2.24) is 4.98 Å². The Balaban J connectivity index is 2.78. The lowest BCUT2D eigenvalue weighted by atomic mass is 10.1. The predicted molar refractivity (Wildman–Crippen MR) is 60.0 cm³/mol. The van der Waals surface area contributed by atoms with Gasteiger partial charge in [-0.2, -0.15) is 0 Å². The molecule has 0 atom stereocenters. The number of aromatic carboxylic acids is 1. The molecule has 0 saturated heterocycles. The Morgan fingerprint density at radius 3 is 2.75 bits per heavy atom. The fraction of sp³-hybridized carbons (Fsp3) is 0.167. The number of aromatic nitrogens is 1. The third kappa shape index (κ3) is 1.69. The van der Waals surface area contributed by atoms with Crippen molar-refractivity contribution in [2.75, 3.05) is 7.11 Å². The molecule has 0 radical (unpaired) electrons. The number of benzene rings is 1. The van der Waals surface area contributed by atoms with Gasteiger partial charge < -0.3 is 9.84 Å². The van der Waals surface area contributed by atoms with Crippen LogP contribution >= 0.6 is 0 Å². The Hall–Kier alpha value is -2.10. The van der Waals surface area contributed by atoms with E-state index in [1.54, 1.807) is 6.07 Å². The van der Waals surface area contributed by atoms with Gasteiger partial charge in [-0.3, -0.25) is 0 Å². The number of carboxylic acid groups (broad SMARTS) is 1. The molecule has 4 heteroatoms. The lowest BCUT2D eigenvalue weighted by Crippen LogP contribution is -1.98. The van der Waals surface area contributed by atoms with E-state index in [2.05, 4.69) is 4.98 Å². The normalized spacial score (nSPS) is 10.4. The van der Waals surface area contributed by atoms with Gasteiger partial charge >= 0.3 is 5.97 Å². The number of methoxy groups -OCH3 is 1. The van der Waals surface area contributed by atoms with Crippen LogP contribution in [0.5, 0.6) is 5.75 Å². The summed E-state index contributed by atoms with van der Waals surface area (Å²) in [5.74, 6) is -0.487. The van der Waals surface area contributed by atoms with Crippen LogP contribution < -0.4 is 4.74 Å². The van der Waals surface area contributed by atoms with Crippen LogP contribution in [0.15, 0.2) is 24.3 Å². The molecule has 0 unspecified atom stereocenters. The van der Waals surface area contributed by atoms with Crippen LogP contribution in [0.3, 0.4) is 0 Å². The maximum Gasteiger partial charge on any atom is 0.335 e. The minimum Gasteiger partial charge on any atom is -0.494 e. The van der Waals surface area contributed by atoms with Crippen LogP contribution in [-0.4, -0.2) is 23.2 Å². The highest BCUT2D eigenvalue weighted by Crippen LogP contribution is 2.26. The second-order valence-electron chi connectivity index (χ2n) is 3.51. The summed E-state index contributed by atoms with van der Waals surface area (Å²) in [6.07, 6.45) is 0. The summed E-state index contributed by atoms with van der Waals surface area (Å²) in [4.78, 5) is 15.2. The molecule has 1 heterocycles. The SMILES string of the molecule is COc1cc(C(=O)O)cc2ccc(C)nc12. The zero-order valence-corrected chi connectivity index (χ0v) is 9.02. The Labute approximate surface area is 92.5 Å². The van der Waals surface area contributed by atoms with Crippen LogP contribution in [0, 0.1) is 6.92 Å². The molecule has 0 bridgehead atoms. The number of fused-ring (bicyclic) bond motifs is 1. The van der Waals surface area contributed by atoms with Crippen molar-refractivity contribution >= 4 is 16.9 Å². The van der Waals surface area contributed by atoms with E-state index < -0.39 is 5.97 Å². The highest BCUT2D eigenvalue weighted by Gasteiger charge is 2.10. The van der Waals surface area contributed by atoms with Gasteiger partial charge in [-0.1, -0.05) is 6.07 Å². The second kappa shape index (κ2) is 3.81. The van der Waals surface area contributed by atoms with Crippen molar-refractivity contribution in [3.63, 3.8) is 0 Å². The number of hydrogen-bond donors (Lipinski definition) is 1. The number of nitrogens with zero attached hydrogens (tertiary/aromatic N) is 1. The number of carboxylic acids is 1. The van der Waals surface area contributed by atoms with E-state index in [-0.39, 0.29) is 5.56 Å². The summed E-state index contributed by atoms with van der Waals surface area (Å²) in [5.41, 5.74) is 1.76. The number of carbonyl (C=O) groups is 1. The molecule has 0 aliphatic heterocycles. The summed E-state index contributed by atoms with van der Waals surface area (Å²) >= 11 is 0. The van der Waals surface area contributed by atoms with Gasteiger partial charge in [0.1, 0.15) is 11.3 Å². The molecule has 1 aromatic carbocycles. The highest BCUT2D eigenvalue weighted by atomic mass is 16.5. The summed E-state index contributed by atoms with van der Waals surface area (Å²) in [7, 11) is 1.50. The van der Waals surface area contributed by atoms with Crippen LogP contribution in [0.1, 0.15) is 16.1 Å². The van der Waals surface area contributed by atoms with E-state index in [1.165, 1.54) is 13.2 Å². The van der Waals surface area contributed by atoms with Crippen molar-refractivity contribution < 1.29 is 14.6 Å². The van der Waals surface area contributed by atoms with Crippen molar-refractivity contribution in [3.05, 3.63) is 35.5 Å². The zero-order chi connectivity index (χ0) is 11.7. The molecule has 0 amide bonds. The predicted octanol–water partition coefficient (Wildman–Crippen LogP) is 2.25. The third-order valence-electron chi connectivity index (χ3n) is 2.36. The van der Waals surface area contributed by atoms with Crippen LogP contribution in [0.2, 0.25) is 0 Å². The number of rotatable bonds is 2.